The molecule has 0 aliphatic heterocycles. The minimum absolute atomic E-state index is 0.00994. The van der Waals surface area contributed by atoms with Crippen LogP contribution in [0.4, 0.5) is 0 Å². The number of aryl methyl sites for hydroxylation is 1. The van der Waals surface area contributed by atoms with E-state index in [4.69, 9.17) is 9.16 Å². The van der Waals surface area contributed by atoms with Gasteiger partial charge in [-0.25, -0.2) is 0 Å². The quantitative estimate of drug-likeness (QED) is 0.353. The summed E-state index contributed by atoms with van der Waals surface area (Å²) in [6.07, 6.45) is 7.44. The van der Waals surface area contributed by atoms with Crippen LogP contribution in [0, 0.1) is 23.2 Å². The Hall–Kier alpha value is -1.33. The molecule has 0 unspecified atom stereocenters. The highest BCUT2D eigenvalue weighted by molar-refractivity contribution is 6.74. The monoisotopic (exact) mass is 486 g/mol. The van der Waals surface area contributed by atoms with E-state index in [-0.39, 0.29) is 29.1 Å². The van der Waals surface area contributed by atoms with Crippen molar-refractivity contribution >= 4 is 14.3 Å². The molecule has 0 radical (unpaired) electrons. The smallest absolute Gasteiger partial charge is 0.302 e. The van der Waals surface area contributed by atoms with Gasteiger partial charge in [-0.15, -0.1) is 0 Å². The second kappa shape index (κ2) is 9.27. The Morgan fingerprint density at radius 1 is 1.24 bits per heavy atom. The second-order valence-electron chi connectivity index (χ2n) is 13.1. The number of carbonyl (C=O) groups excluding carboxylic acids is 1. The van der Waals surface area contributed by atoms with Crippen LogP contribution < -0.4 is 4.43 Å². The summed E-state index contributed by atoms with van der Waals surface area (Å²) < 4.78 is 12.6. The SMILES string of the molecule is CC(=O)O[C@H]1[C@H](CCCO)C[C@H]2[C@@H]3CCc4cc(O[Si](C)(C)C(C)(C)C)ccc4[C@H]3CC[C@@]21C. The predicted octanol–water partition coefficient (Wildman–Crippen LogP) is 6.86. The Kier molecular flexibility index (Phi) is 7.02. The third-order valence-electron chi connectivity index (χ3n) is 9.98. The zero-order chi connectivity index (χ0) is 24.9. The van der Waals surface area contributed by atoms with Crippen molar-refractivity contribution in [3.05, 3.63) is 29.3 Å². The fourth-order valence-corrected chi connectivity index (χ4v) is 8.26. The van der Waals surface area contributed by atoms with Crippen molar-refractivity contribution in [2.24, 2.45) is 23.2 Å². The first kappa shape index (κ1) is 25.8. The topological polar surface area (TPSA) is 55.8 Å². The Balaban J connectivity index is 1.57. The standard InChI is InChI=1S/C29H46O4Si/c1-19(31)32-27-21(9-8-16-30)18-26-25-12-10-20-17-22(33-34(6,7)28(2,3)4)11-13-23(20)24(25)14-15-29(26,27)5/h11,13,17,21,24-27,30H,8-10,12,14-16,18H2,1-7H3/t21-,24-,25-,26+,27+,29+/m1/s1. The molecule has 3 aliphatic carbocycles. The third-order valence-corrected chi connectivity index (χ3v) is 14.3. The first-order chi connectivity index (χ1) is 15.9. The first-order valence-electron chi connectivity index (χ1n) is 13.5. The van der Waals surface area contributed by atoms with Crippen LogP contribution >= 0.6 is 0 Å². The van der Waals surface area contributed by atoms with Crippen molar-refractivity contribution in [2.75, 3.05) is 6.61 Å². The van der Waals surface area contributed by atoms with Gasteiger partial charge in [0.15, 0.2) is 0 Å². The number of hydrogen-bond donors (Lipinski definition) is 1. The fraction of sp³-hybridized carbons (Fsp3) is 0.759. The number of aliphatic hydroxyl groups is 1. The van der Waals surface area contributed by atoms with Gasteiger partial charge in [-0.2, -0.15) is 0 Å². The van der Waals surface area contributed by atoms with Gasteiger partial charge in [0.2, 0.25) is 8.32 Å². The number of benzene rings is 1. The van der Waals surface area contributed by atoms with Crippen LogP contribution in [-0.4, -0.2) is 32.1 Å². The Bertz CT molecular complexity index is 904. The van der Waals surface area contributed by atoms with E-state index in [1.807, 2.05) is 0 Å². The molecule has 34 heavy (non-hydrogen) atoms. The lowest BCUT2D eigenvalue weighted by Gasteiger charge is -2.50. The summed E-state index contributed by atoms with van der Waals surface area (Å²) >= 11 is 0. The predicted molar refractivity (Wildman–Crippen MR) is 140 cm³/mol. The number of fused-ring (bicyclic) bond motifs is 5. The van der Waals surface area contributed by atoms with Gasteiger partial charge in [0.1, 0.15) is 11.9 Å². The van der Waals surface area contributed by atoms with Crippen molar-refractivity contribution in [2.45, 2.75) is 110 Å². The lowest BCUT2D eigenvalue weighted by Crippen LogP contribution is -2.46. The molecule has 2 fully saturated rings. The van der Waals surface area contributed by atoms with Gasteiger partial charge in [-0.05, 0) is 110 Å². The van der Waals surface area contributed by atoms with Crippen LogP contribution in [0.2, 0.25) is 18.1 Å². The minimum atomic E-state index is -1.85. The number of esters is 1. The summed E-state index contributed by atoms with van der Waals surface area (Å²) in [5.41, 5.74) is 3.06. The number of rotatable bonds is 6. The summed E-state index contributed by atoms with van der Waals surface area (Å²) in [4.78, 5) is 12.0. The molecule has 1 aromatic carbocycles. The molecule has 0 spiro atoms. The van der Waals surface area contributed by atoms with E-state index in [1.54, 1.807) is 6.92 Å². The van der Waals surface area contributed by atoms with Crippen LogP contribution in [-0.2, 0) is 16.0 Å². The highest BCUT2D eigenvalue weighted by atomic mass is 28.4. The molecular weight excluding hydrogens is 440 g/mol. The number of ether oxygens (including phenoxy) is 1. The third kappa shape index (κ3) is 4.59. The summed E-state index contributed by atoms with van der Waals surface area (Å²) in [5.74, 6) is 3.08. The average molecular weight is 487 g/mol. The van der Waals surface area contributed by atoms with E-state index in [9.17, 15) is 9.90 Å². The van der Waals surface area contributed by atoms with Gasteiger partial charge in [0.25, 0.3) is 0 Å². The van der Waals surface area contributed by atoms with Crippen molar-refractivity contribution in [3.63, 3.8) is 0 Å². The first-order valence-corrected chi connectivity index (χ1v) is 16.4. The maximum Gasteiger partial charge on any atom is 0.302 e. The maximum absolute atomic E-state index is 12.0. The van der Waals surface area contributed by atoms with Gasteiger partial charge >= 0.3 is 5.97 Å². The summed E-state index contributed by atoms with van der Waals surface area (Å²) in [7, 11) is -1.85. The van der Waals surface area contributed by atoms with E-state index < -0.39 is 8.32 Å². The van der Waals surface area contributed by atoms with Crippen molar-refractivity contribution in [1.82, 2.24) is 0 Å². The van der Waals surface area contributed by atoms with Crippen LogP contribution in [0.3, 0.4) is 0 Å². The molecule has 1 N–H and O–H groups in total. The fourth-order valence-electron chi connectivity index (χ4n) is 7.24. The van der Waals surface area contributed by atoms with Crippen LogP contribution in [0.15, 0.2) is 18.2 Å². The molecular formula is C29H46O4Si. The van der Waals surface area contributed by atoms with E-state index in [1.165, 1.54) is 17.5 Å². The van der Waals surface area contributed by atoms with Gasteiger partial charge in [-0.1, -0.05) is 33.8 Å². The second-order valence-corrected chi connectivity index (χ2v) is 17.8. The molecule has 5 heteroatoms. The van der Waals surface area contributed by atoms with E-state index in [0.29, 0.717) is 23.7 Å². The van der Waals surface area contributed by atoms with E-state index in [2.05, 4.69) is 59.0 Å². The minimum Gasteiger partial charge on any atom is -0.543 e. The Morgan fingerprint density at radius 3 is 2.62 bits per heavy atom. The lowest BCUT2D eigenvalue weighted by atomic mass is 9.55. The molecule has 4 rings (SSSR count). The normalized spacial score (nSPS) is 33.0. The molecule has 0 bridgehead atoms. The molecule has 3 aliphatic rings. The molecule has 2 saturated carbocycles. The molecule has 0 heterocycles. The Labute approximate surface area is 207 Å². The summed E-state index contributed by atoms with van der Waals surface area (Å²) in [5, 5.41) is 9.63. The number of carbonyl (C=O) groups is 1. The van der Waals surface area contributed by atoms with Crippen molar-refractivity contribution < 1.29 is 19.1 Å². The zero-order valence-electron chi connectivity index (χ0n) is 22.4. The zero-order valence-corrected chi connectivity index (χ0v) is 23.4. The maximum atomic E-state index is 12.0. The molecule has 0 aromatic heterocycles. The highest BCUT2D eigenvalue weighted by Crippen LogP contribution is 2.63. The van der Waals surface area contributed by atoms with E-state index >= 15 is 0 Å². The van der Waals surface area contributed by atoms with Crippen LogP contribution in [0.5, 0.6) is 5.75 Å². The molecule has 4 nitrogen and oxygen atoms in total. The molecule has 190 valence electrons. The van der Waals surface area contributed by atoms with Crippen LogP contribution in [0.1, 0.15) is 90.2 Å². The lowest BCUT2D eigenvalue weighted by molar-refractivity contribution is -0.158. The van der Waals surface area contributed by atoms with Gasteiger partial charge in [0.05, 0.1) is 0 Å². The highest BCUT2D eigenvalue weighted by Gasteiger charge is 2.59. The average Bonchev–Trinajstić information content (AvgIpc) is 3.02. The summed E-state index contributed by atoms with van der Waals surface area (Å²) in [6.45, 7) is 15.6. The number of aliphatic hydroxyl groups excluding tert-OH is 1. The van der Waals surface area contributed by atoms with Gasteiger partial charge in [-0.3, -0.25) is 4.79 Å². The molecule has 6 atom stereocenters. The van der Waals surface area contributed by atoms with E-state index in [0.717, 1.165) is 44.3 Å². The van der Waals surface area contributed by atoms with Crippen molar-refractivity contribution in [3.8, 4) is 5.75 Å². The summed E-state index contributed by atoms with van der Waals surface area (Å²) in [6, 6.07) is 6.91. The Morgan fingerprint density at radius 2 is 1.97 bits per heavy atom. The largest absolute Gasteiger partial charge is 0.543 e. The van der Waals surface area contributed by atoms with Crippen LogP contribution in [0.25, 0.3) is 0 Å². The van der Waals surface area contributed by atoms with Gasteiger partial charge in [0, 0.05) is 18.9 Å². The molecule has 0 amide bonds. The number of hydrogen-bond acceptors (Lipinski definition) is 4. The molecule has 1 aromatic rings. The molecule has 0 saturated heterocycles. The van der Waals surface area contributed by atoms with Crippen molar-refractivity contribution in [1.29, 1.82) is 0 Å². The van der Waals surface area contributed by atoms with Gasteiger partial charge < -0.3 is 14.3 Å².